The van der Waals surface area contributed by atoms with Gasteiger partial charge in [-0.15, -0.1) is 0 Å². The Hall–Kier alpha value is -1.33. The Bertz CT molecular complexity index is 447. The van der Waals surface area contributed by atoms with E-state index in [9.17, 15) is 9.18 Å². The van der Waals surface area contributed by atoms with E-state index in [4.69, 9.17) is 22.1 Å². The second-order valence-electron chi connectivity index (χ2n) is 3.73. The summed E-state index contributed by atoms with van der Waals surface area (Å²) in [5.74, 6) is -1.14. The van der Waals surface area contributed by atoms with Gasteiger partial charge in [-0.3, -0.25) is 4.79 Å². The summed E-state index contributed by atoms with van der Waals surface area (Å²) in [4.78, 5) is 13.6. The van der Waals surface area contributed by atoms with Crippen LogP contribution in [0.4, 0.5) is 10.1 Å². The summed E-state index contributed by atoms with van der Waals surface area (Å²) < 4.78 is 18.9. The second-order valence-corrected chi connectivity index (χ2v) is 4.11. The van der Waals surface area contributed by atoms with Gasteiger partial charge >= 0.3 is 0 Å². The van der Waals surface area contributed by atoms with Crippen LogP contribution in [0.1, 0.15) is 10.4 Å². The van der Waals surface area contributed by atoms with Crippen LogP contribution < -0.4 is 5.73 Å². The van der Waals surface area contributed by atoms with Crippen LogP contribution in [0, 0.1) is 5.82 Å². The summed E-state index contributed by atoms with van der Waals surface area (Å²) in [6, 6.07) is 2.79. The van der Waals surface area contributed by atoms with Gasteiger partial charge in [0.2, 0.25) is 0 Å². The first-order valence-electron chi connectivity index (χ1n) is 5.21. The minimum atomic E-state index is -0.761. The molecule has 0 saturated carbocycles. The quantitative estimate of drug-likeness (QED) is 0.778. The Morgan fingerprint density at radius 3 is 2.71 bits per heavy atom. The van der Waals surface area contributed by atoms with Crippen LogP contribution in [-0.4, -0.2) is 37.1 Å². The van der Waals surface area contributed by atoms with Gasteiger partial charge in [0.05, 0.1) is 24.5 Å². The third kappa shape index (κ3) is 2.35. The standard InChI is InChI=1S/C11H12ClFN2O2/c12-9-8(14)2-1-7(10(9)13)11(16)15-3-5-17-6-4-15/h1-2H,3-6,14H2. The lowest BCUT2D eigenvalue weighted by Gasteiger charge is -2.27. The topological polar surface area (TPSA) is 55.6 Å². The zero-order valence-electron chi connectivity index (χ0n) is 9.08. The largest absolute Gasteiger partial charge is 0.397 e. The molecule has 0 spiro atoms. The van der Waals surface area contributed by atoms with Gasteiger partial charge in [-0.2, -0.15) is 0 Å². The minimum Gasteiger partial charge on any atom is -0.397 e. The fourth-order valence-electron chi connectivity index (χ4n) is 1.67. The molecule has 1 aromatic rings. The van der Waals surface area contributed by atoms with E-state index in [-0.39, 0.29) is 22.2 Å². The maximum atomic E-state index is 13.8. The van der Waals surface area contributed by atoms with Gasteiger partial charge in [0.25, 0.3) is 5.91 Å². The third-order valence-electron chi connectivity index (χ3n) is 2.64. The van der Waals surface area contributed by atoms with Crippen molar-refractivity contribution in [2.75, 3.05) is 32.0 Å². The molecule has 0 atom stereocenters. The molecule has 6 heteroatoms. The van der Waals surface area contributed by atoms with E-state index >= 15 is 0 Å². The minimum absolute atomic E-state index is 0.0499. The number of halogens is 2. The monoisotopic (exact) mass is 258 g/mol. The number of nitrogen functional groups attached to an aromatic ring is 1. The van der Waals surface area contributed by atoms with Gasteiger partial charge in [-0.25, -0.2) is 4.39 Å². The summed E-state index contributed by atoms with van der Waals surface area (Å²) in [5.41, 5.74) is 5.53. The first kappa shape index (κ1) is 12.1. The van der Waals surface area contributed by atoms with E-state index in [0.29, 0.717) is 26.3 Å². The molecule has 17 heavy (non-hydrogen) atoms. The van der Waals surface area contributed by atoms with Crippen molar-refractivity contribution in [3.63, 3.8) is 0 Å². The lowest BCUT2D eigenvalue weighted by Crippen LogP contribution is -2.41. The number of hydrogen-bond acceptors (Lipinski definition) is 3. The van der Waals surface area contributed by atoms with Crippen LogP contribution in [0.5, 0.6) is 0 Å². The summed E-state index contributed by atoms with van der Waals surface area (Å²) in [7, 11) is 0. The van der Waals surface area contributed by atoms with Gasteiger partial charge < -0.3 is 15.4 Å². The Balaban J connectivity index is 2.27. The highest BCUT2D eigenvalue weighted by atomic mass is 35.5. The maximum Gasteiger partial charge on any atom is 0.257 e. The molecule has 1 amide bonds. The van der Waals surface area contributed by atoms with E-state index in [1.54, 1.807) is 0 Å². The van der Waals surface area contributed by atoms with Crippen molar-refractivity contribution >= 4 is 23.2 Å². The van der Waals surface area contributed by atoms with Crippen LogP contribution in [0.2, 0.25) is 5.02 Å². The van der Waals surface area contributed by atoms with Crippen LogP contribution in [0.3, 0.4) is 0 Å². The molecule has 1 fully saturated rings. The fraction of sp³-hybridized carbons (Fsp3) is 0.364. The maximum absolute atomic E-state index is 13.8. The van der Waals surface area contributed by atoms with Gasteiger partial charge in [-0.1, -0.05) is 11.6 Å². The lowest BCUT2D eigenvalue weighted by atomic mass is 10.1. The zero-order valence-corrected chi connectivity index (χ0v) is 9.84. The number of carbonyl (C=O) groups is 1. The summed E-state index contributed by atoms with van der Waals surface area (Å²) in [6.07, 6.45) is 0. The van der Waals surface area contributed by atoms with Gasteiger partial charge in [0.1, 0.15) is 5.02 Å². The molecular weight excluding hydrogens is 247 g/mol. The number of nitrogens with zero attached hydrogens (tertiary/aromatic N) is 1. The predicted octanol–water partition coefficient (Wildman–Crippen LogP) is 1.53. The van der Waals surface area contributed by atoms with Crippen molar-refractivity contribution < 1.29 is 13.9 Å². The fourth-order valence-corrected chi connectivity index (χ4v) is 1.83. The number of morpholine rings is 1. The number of carbonyl (C=O) groups excluding carboxylic acids is 1. The van der Waals surface area contributed by atoms with E-state index in [1.165, 1.54) is 17.0 Å². The van der Waals surface area contributed by atoms with Crippen molar-refractivity contribution in [3.05, 3.63) is 28.5 Å². The lowest BCUT2D eigenvalue weighted by molar-refractivity contribution is 0.0300. The summed E-state index contributed by atoms with van der Waals surface area (Å²) in [6.45, 7) is 1.85. The molecule has 1 aliphatic heterocycles. The first-order valence-corrected chi connectivity index (χ1v) is 5.59. The summed E-state index contributed by atoms with van der Waals surface area (Å²) in [5, 5.41) is -0.205. The number of hydrogen-bond donors (Lipinski definition) is 1. The average molecular weight is 259 g/mol. The van der Waals surface area contributed by atoms with E-state index in [2.05, 4.69) is 0 Å². The Morgan fingerprint density at radius 1 is 1.41 bits per heavy atom. The SMILES string of the molecule is Nc1ccc(C(=O)N2CCOCC2)c(F)c1Cl. The Kier molecular flexibility index (Phi) is 3.49. The van der Waals surface area contributed by atoms with Gasteiger partial charge in [0.15, 0.2) is 5.82 Å². The molecule has 1 aliphatic rings. The molecular formula is C11H12ClFN2O2. The zero-order chi connectivity index (χ0) is 12.4. The van der Waals surface area contributed by atoms with Crippen LogP contribution in [0.25, 0.3) is 0 Å². The molecule has 0 unspecified atom stereocenters. The molecule has 0 aliphatic carbocycles. The van der Waals surface area contributed by atoms with Crippen molar-refractivity contribution in [3.8, 4) is 0 Å². The van der Waals surface area contributed by atoms with Crippen molar-refractivity contribution in [1.82, 2.24) is 4.90 Å². The first-order chi connectivity index (χ1) is 8.11. The van der Waals surface area contributed by atoms with Crippen molar-refractivity contribution in [2.24, 2.45) is 0 Å². The molecule has 0 radical (unpaired) electrons. The highest BCUT2D eigenvalue weighted by molar-refractivity contribution is 6.33. The molecule has 0 aromatic heterocycles. The molecule has 0 bridgehead atoms. The van der Waals surface area contributed by atoms with Crippen LogP contribution in [0.15, 0.2) is 12.1 Å². The number of rotatable bonds is 1. The molecule has 4 nitrogen and oxygen atoms in total. The predicted molar refractivity (Wildman–Crippen MR) is 62.5 cm³/mol. The highest BCUT2D eigenvalue weighted by Crippen LogP contribution is 2.25. The number of benzene rings is 1. The molecule has 2 N–H and O–H groups in total. The summed E-state index contributed by atoms with van der Waals surface area (Å²) >= 11 is 5.67. The number of ether oxygens (including phenoxy) is 1. The number of nitrogens with two attached hydrogens (primary N) is 1. The normalized spacial score (nSPS) is 16.0. The van der Waals surface area contributed by atoms with Crippen LogP contribution >= 0.6 is 11.6 Å². The van der Waals surface area contributed by atoms with Crippen molar-refractivity contribution in [2.45, 2.75) is 0 Å². The molecule has 1 aromatic carbocycles. The molecule has 1 heterocycles. The highest BCUT2D eigenvalue weighted by Gasteiger charge is 2.23. The Labute approximate surface area is 103 Å². The molecule has 92 valence electrons. The number of anilines is 1. The Morgan fingerprint density at radius 2 is 2.06 bits per heavy atom. The number of amides is 1. The van der Waals surface area contributed by atoms with E-state index in [1.807, 2.05) is 0 Å². The average Bonchev–Trinajstić information content (AvgIpc) is 2.36. The third-order valence-corrected chi connectivity index (χ3v) is 3.03. The molecule has 2 rings (SSSR count). The molecule has 1 saturated heterocycles. The van der Waals surface area contributed by atoms with Crippen LogP contribution in [-0.2, 0) is 4.74 Å². The second kappa shape index (κ2) is 4.89. The van der Waals surface area contributed by atoms with Gasteiger partial charge in [0, 0.05) is 13.1 Å². The van der Waals surface area contributed by atoms with Crippen molar-refractivity contribution in [1.29, 1.82) is 0 Å². The van der Waals surface area contributed by atoms with E-state index < -0.39 is 5.82 Å². The smallest absolute Gasteiger partial charge is 0.257 e. The van der Waals surface area contributed by atoms with Gasteiger partial charge in [-0.05, 0) is 12.1 Å². The van der Waals surface area contributed by atoms with E-state index in [0.717, 1.165) is 0 Å².